The molecule has 1 aliphatic heterocycles. The molecule has 1 aromatic heterocycles. The number of carbonyl (C=O) groups is 2. The molecule has 2 aromatic carbocycles. The number of aromatic amines is 1. The Kier molecular flexibility index (Phi) is 3.84. The van der Waals surface area contributed by atoms with Crippen LogP contribution in [0.4, 0.5) is 5.69 Å². The molecular weight excluding hydrogens is 394 g/mol. The van der Waals surface area contributed by atoms with Gasteiger partial charge in [-0.2, -0.15) is 0 Å². The fourth-order valence-corrected chi connectivity index (χ4v) is 4.27. The number of rotatable bonds is 3. The maximum Gasteiger partial charge on any atom is 0.232 e. The number of hydrogen-bond acceptors (Lipinski definition) is 2. The minimum absolute atomic E-state index is 0.156. The molecule has 1 aliphatic rings. The van der Waals surface area contributed by atoms with Crippen molar-refractivity contribution in [3.8, 4) is 0 Å². The van der Waals surface area contributed by atoms with E-state index in [-0.39, 0.29) is 23.7 Å². The van der Waals surface area contributed by atoms with Gasteiger partial charge in [0.15, 0.2) is 0 Å². The molecule has 4 rings (SSSR count). The molecule has 3 N–H and O–H groups in total. The first-order valence-electron chi connectivity index (χ1n) is 8.61. The van der Waals surface area contributed by atoms with Crippen LogP contribution in [0.25, 0.3) is 21.8 Å². The zero-order chi connectivity index (χ0) is 18.6. The lowest BCUT2D eigenvalue weighted by Crippen LogP contribution is -2.30. The van der Waals surface area contributed by atoms with Gasteiger partial charge in [0, 0.05) is 38.4 Å². The summed E-state index contributed by atoms with van der Waals surface area (Å²) in [7, 11) is 0. The lowest BCUT2D eigenvalue weighted by atomic mass is 9.92. The highest BCUT2D eigenvalue weighted by Gasteiger charge is 2.39. The van der Waals surface area contributed by atoms with E-state index in [1.54, 1.807) is 0 Å². The van der Waals surface area contributed by atoms with Crippen molar-refractivity contribution in [1.29, 1.82) is 0 Å². The van der Waals surface area contributed by atoms with E-state index in [2.05, 4.69) is 20.9 Å². The van der Waals surface area contributed by atoms with Gasteiger partial charge in [-0.3, -0.25) is 9.59 Å². The van der Waals surface area contributed by atoms with Gasteiger partial charge in [0.2, 0.25) is 11.8 Å². The predicted molar refractivity (Wildman–Crippen MR) is 107 cm³/mol. The van der Waals surface area contributed by atoms with E-state index < -0.39 is 0 Å². The summed E-state index contributed by atoms with van der Waals surface area (Å²) in [5.74, 6) is -0.207. The van der Waals surface area contributed by atoms with Crippen LogP contribution in [0.15, 0.2) is 34.8 Å². The highest BCUT2D eigenvalue weighted by atomic mass is 79.9. The van der Waals surface area contributed by atoms with E-state index in [0.717, 1.165) is 50.5 Å². The Morgan fingerprint density at radius 1 is 1.31 bits per heavy atom. The zero-order valence-corrected chi connectivity index (χ0v) is 16.3. The number of halogens is 1. The second kappa shape index (κ2) is 5.84. The number of primary amides is 1. The van der Waals surface area contributed by atoms with E-state index in [9.17, 15) is 9.59 Å². The van der Waals surface area contributed by atoms with Crippen molar-refractivity contribution in [1.82, 2.24) is 4.98 Å². The molecule has 0 radical (unpaired) electrons. The number of nitrogens with zero attached hydrogens (tertiary/aromatic N) is 1. The van der Waals surface area contributed by atoms with E-state index >= 15 is 0 Å². The number of anilines is 1. The largest absolute Gasteiger partial charge is 0.369 e. The molecule has 26 heavy (non-hydrogen) atoms. The highest BCUT2D eigenvalue weighted by molar-refractivity contribution is 9.10. The van der Waals surface area contributed by atoms with Gasteiger partial charge in [-0.15, -0.1) is 0 Å². The van der Waals surface area contributed by atoms with Crippen LogP contribution in [0.3, 0.4) is 0 Å². The van der Waals surface area contributed by atoms with Crippen LogP contribution < -0.4 is 10.6 Å². The Balaban J connectivity index is 1.87. The quantitative estimate of drug-likeness (QED) is 0.683. The fourth-order valence-electron chi connectivity index (χ4n) is 3.73. The van der Waals surface area contributed by atoms with Crippen molar-refractivity contribution in [2.24, 2.45) is 11.1 Å². The number of fused-ring (bicyclic) bond motifs is 3. The van der Waals surface area contributed by atoms with Crippen LogP contribution in [0.1, 0.15) is 25.8 Å². The lowest BCUT2D eigenvalue weighted by molar-refractivity contribution is -0.124. The summed E-state index contributed by atoms with van der Waals surface area (Å²) in [6, 6.07) is 9.87. The lowest BCUT2D eigenvalue weighted by Gasteiger charge is -2.19. The summed E-state index contributed by atoms with van der Waals surface area (Å²) in [6.07, 6.45) is 1.03. The molecule has 3 aromatic rings. The Bertz CT molecular complexity index is 1070. The second-order valence-electron chi connectivity index (χ2n) is 7.55. The molecule has 1 fully saturated rings. The van der Waals surface area contributed by atoms with Crippen molar-refractivity contribution in [2.45, 2.75) is 26.7 Å². The fraction of sp³-hybridized carbons (Fsp3) is 0.300. The van der Waals surface area contributed by atoms with Crippen molar-refractivity contribution in [3.05, 3.63) is 40.4 Å². The van der Waals surface area contributed by atoms with E-state index in [4.69, 9.17) is 5.73 Å². The van der Waals surface area contributed by atoms with Gasteiger partial charge in [0.05, 0.1) is 11.9 Å². The number of aromatic nitrogens is 1. The van der Waals surface area contributed by atoms with Crippen molar-refractivity contribution >= 4 is 55.2 Å². The molecule has 0 unspecified atom stereocenters. The van der Waals surface area contributed by atoms with Crippen LogP contribution in [0.2, 0.25) is 0 Å². The van der Waals surface area contributed by atoms with Gasteiger partial charge in [-0.25, -0.2) is 0 Å². The number of benzene rings is 2. The first-order valence-corrected chi connectivity index (χ1v) is 9.40. The van der Waals surface area contributed by atoms with Gasteiger partial charge in [-0.05, 0) is 30.2 Å². The third kappa shape index (κ3) is 2.60. The van der Waals surface area contributed by atoms with Crippen LogP contribution in [-0.4, -0.2) is 23.3 Å². The molecule has 134 valence electrons. The number of nitrogens with two attached hydrogens (primary N) is 1. The minimum atomic E-state index is -0.363. The smallest absolute Gasteiger partial charge is 0.232 e. The monoisotopic (exact) mass is 413 g/mol. The normalized spacial score (nSPS) is 16.7. The van der Waals surface area contributed by atoms with E-state index in [0.29, 0.717) is 0 Å². The Morgan fingerprint density at radius 2 is 2.08 bits per heavy atom. The number of carbonyl (C=O) groups excluding carboxylic acids is 2. The standard InChI is InChI=1S/C20H20BrN3O2/c1-20(2)7-8-24(19(20)26)12-4-5-13-15(10-12)23-18-11(9-16(22)25)3-6-14(21)17(13)18/h3-6,10,23H,7-9H2,1-2H3,(H2,22,25). The van der Waals surface area contributed by atoms with Gasteiger partial charge in [0.25, 0.3) is 0 Å². The average Bonchev–Trinajstić information content (AvgIpc) is 3.08. The van der Waals surface area contributed by atoms with Gasteiger partial charge in [0.1, 0.15) is 0 Å². The molecule has 6 heteroatoms. The molecule has 1 saturated heterocycles. The van der Waals surface area contributed by atoms with Crippen molar-refractivity contribution in [2.75, 3.05) is 11.4 Å². The molecule has 0 atom stereocenters. The summed E-state index contributed by atoms with van der Waals surface area (Å²) in [5, 5.41) is 2.08. The number of nitrogens with one attached hydrogen (secondary N) is 1. The van der Waals surface area contributed by atoms with E-state index in [1.807, 2.05) is 49.1 Å². The van der Waals surface area contributed by atoms with Crippen LogP contribution in [0.5, 0.6) is 0 Å². The topological polar surface area (TPSA) is 79.2 Å². The minimum Gasteiger partial charge on any atom is -0.369 e. The van der Waals surface area contributed by atoms with Gasteiger partial charge >= 0.3 is 0 Å². The highest BCUT2D eigenvalue weighted by Crippen LogP contribution is 2.38. The molecule has 0 saturated carbocycles. The zero-order valence-electron chi connectivity index (χ0n) is 14.7. The third-order valence-corrected chi connectivity index (χ3v) is 5.89. The Morgan fingerprint density at radius 3 is 2.73 bits per heavy atom. The third-order valence-electron chi connectivity index (χ3n) is 5.23. The van der Waals surface area contributed by atoms with Crippen LogP contribution in [-0.2, 0) is 16.0 Å². The van der Waals surface area contributed by atoms with Crippen molar-refractivity contribution < 1.29 is 9.59 Å². The maximum atomic E-state index is 12.6. The molecular formula is C20H20BrN3O2. The van der Waals surface area contributed by atoms with Crippen LogP contribution in [0, 0.1) is 5.41 Å². The SMILES string of the molecule is CC1(C)CCN(c2ccc3c(c2)[nH]c2c(CC(N)=O)ccc(Br)c23)C1=O. The Hall–Kier alpha value is -2.34. The predicted octanol–water partition coefficient (Wildman–Crippen LogP) is 3.87. The van der Waals surface area contributed by atoms with Gasteiger partial charge < -0.3 is 15.6 Å². The first kappa shape index (κ1) is 17.1. The van der Waals surface area contributed by atoms with E-state index in [1.165, 1.54) is 0 Å². The first-order chi connectivity index (χ1) is 12.3. The Labute approximate surface area is 159 Å². The molecule has 5 nitrogen and oxygen atoms in total. The second-order valence-corrected chi connectivity index (χ2v) is 8.40. The average molecular weight is 414 g/mol. The number of hydrogen-bond donors (Lipinski definition) is 2. The summed E-state index contributed by atoms with van der Waals surface area (Å²) in [6.45, 7) is 4.71. The van der Waals surface area contributed by atoms with Crippen LogP contribution >= 0.6 is 15.9 Å². The molecule has 2 amide bonds. The summed E-state index contributed by atoms with van der Waals surface area (Å²) >= 11 is 3.61. The van der Waals surface area contributed by atoms with Gasteiger partial charge in [-0.1, -0.05) is 41.9 Å². The molecule has 0 aliphatic carbocycles. The molecule has 0 spiro atoms. The number of H-pyrrole nitrogens is 1. The molecule has 2 heterocycles. The summed E-state index contributed by atoms with van der Waals surface area (Å²) in [5.41, 5.74) is 8.68. The molecule has 0 bridgehead atoms. The van der Waals surface area contributed by atoms with Crippen molar-refractivity contribution in [3.63, 3.8) is 0 Å². The summed E-state index contributed by atoms with van der Waals surface area (Å²) < 4.78 is 0.957. The number of amides is 2. The summed E-state index contributed by atoms with van der Waals surface area (Å²) in [4.78, 5) is 29.3. The maximum absolute atomic E-state index is 12.6.